The number of ketones is 3. The molecular weight excluding hydrogens is 414 g/mol. The highest BCUT2D eigenvalue weighted by molar-refractivity contribution is 6.34. The quantitative estimate of drug-likeness (QED) is 0.366. The largest absolute Gasteiger partial charge is 0.497 e. The van der Waals surface area contributed by atoms with Gasteiger partial charge in [0.1, 0.15) is 11.4 Å². The monoisotopic (exact) mass is 431 g/mol. The molecule has 3 aromatic carbocycles. The molecule has 1 aliphatic carbocycles. The fourth-order valence-electron chi connectivity index (χ4n) is 4.71. The van der Waals surface area contributed by atoms with E-state index in [-0.39, 0.29) is 34.2 Å². The number of aromatic nitrogens is 1. The maximum absolute atomic E-state index is 13.9. The first-order valence-corrected chi connectivity index (χ1v) is 10.5. The number of hydrogen-bond acceptors (Lipinski definition) is 4. The van der Waals surface area contributed by atoms with Crippen molar-refractivity contribution in [1.82, 2.24) is 4.40 Å². The van der Waals surface area contributed by atoms with Crippen LogP contribution in [0.2, 0.25) is 0 Å². The van der Waals surface area contributed by atoms with Crippen LogP contribution in [0.5, 0.6) is 5.75 Å². The van der Waals surface area contributed by atoms with Crippen LogP contribution >= 0.6 is 0 Å². The SMILES string of the molecule is COc1ccc(C(=O)c2c3c(n4ccc5ccccc5c24)C(=O)c2ccccc2C3=O)cc1. The van der Waals surface area contributed by atoms with Crippen LogP contribution in [0.3, 0.4) is 0 Å². The Bertz CT molecular complexity index is 1640. The number of pyridine rings is 1. The van der Waals surface area contributed by atoms with Crippen molar-refractivity contribution in [3.05, 3.63) is 119 Å². The first-order chi connectivity index (χ1) is 16.1. The molecule has 1 aliphatic rings. The lowest BCUT2D eigenvalue weighted by atomic mass is 9.84. The minimum atomic E-state index is -0.315. The molecule has 33 heavy (non-hydrogen) atoms. The van der Waals surface area contributed by atoms with Crippen LogP contribution in [-0.4, -0.2) is 28.9 Å². The highest BCUT2D eigenvalue weighted by Crippen LogP contribution is 2.37. The average Bonchev–Trinajstić information content (AvgIpc) is 3.23. The second kappa shape index (κ2) is 7.00. The van der Waals surface area contributed by atoms with Crippen LogP contribution in [-0.2, 0) is 0 Å². The van der Waals surface area contributed by atoms with Crippen molar-refractivity contribution in [3.8, 4) is 5.75 Å². The van der Waals surface area contributed by atoms with Crippen LogP contribution < -0.4 is 4.74 Å². The number of carbonyl (C=O) groups excluding carboxylic acids is 3. The molecule has 0 amide bonds. The number of methoxy groups -OCH3 is 1. The van der Waals surface area contributed by atoms with Crippen molar-refractivity contribution < 1.29 is 19.1 Å². The fourth-order valence-corrected chi connectivity index (χ4v) is 4.71. The van der Waals surface area contributed by atoms with Crippen LogP contribution in [0.15, 0.2) is 85.1 Å². The van der Waals surface area contributed by atoms with E-state index in [1.54, 1.807) is 66.2 Å². The van der Waals surface area contributed by atoms with E-state index >= 15 is 0 Å². The van der Waals surface area contributed by atoms with Crippen molar-refractivity contribution in [2.75, 3.05) is 7.11 Å². The lowest BCUT2D eigenvalue weighted by Gasteiger charge is -2.15. The van der Waals surface area contributed by atoms with E-state index in [4.69, 9.17) is 4.74 Å². The third-order valence-corrected chi connectivity index (χ3v) is 6.26. The number of rotatable bonds is 3. The van der Waals surface area contributed by atoms with E-state index < -0.39 is 0 Å². The summed E-state index contributed by atoms with van der Waals surface area (Å²) in [6.45, 7) is 0. The molecule has 5 aromatic rings. The van der Waals surface area contributed by atoms with Crippen LogP contribution in [0.4, 0.5) is 0 Å². The molecule has 0 N–H and O–H groups in total. The summed E-state index contributed by atoms with van der Waals surface area (Å²) in [4.78, 5) is 41.1. The Morgan fingerprint density at radius 2 is 1.45 bits per heavy atom. The first kappa shape index (κ1) is 19.2. The topological polar surface area (TPSA) is 64.8 Å². The van der Waals surface area contributed by atoms with Gasteiger partial charge in [-0.15, -0.1) is 0 Å². The summed E-state index contributed by atoms with van der Waals surface area (Å²) in [7, 11) is 1.56. The van der Waals surface area contributed by atoms with Crippen LogP contribution in [0.1, 0.15) is 47.9 Å². The minimum Gasteiger partial charge on any atom is -0.497 e. The minimum absolute atomic E-state index is 0.163. The lowest BCUT2D eigenvalue weighted by Crippen LogP contribution is -2.22. The van der Waals surface area contributed by atoms with E-state index in [0.29, 0.717) is 28.0 Å². The Kier molecular flexibility index (Phi) is 4.07. The third kappa shape index (κ3) is 2.62. The van der Waals surface area contributed by atoms with Crippen molar-refractivity contribution in [2.24, 2.45) is 0 Å². The molecule has 158 valence electrons. The van der Waals surface area contributed by atoms with Crippen LogP contribution in [0, 0.1) is 0 Å². The molecule has 0 radical (unpaired) electrons. The normalized spacial score (nSPS) is 12.6. The first-order valence-electron chi connectivity index (χ1n) is 10.5. The summed E-state index contributed by atoms with van der Waals surface area (Å²) in [6.07, 6.45) is 1.76. The number of nitrogens with zero attached hydrogens (tertiary/aromatic N) is 1. The second-order valence-electron chi connectivity index (χ2n) is 7.98. The van der Waals surface area contributed by atoms with Gasteiger partial charge >= 0.3 is 0 Å². The molecule has 0 fully saturated rings. The summed E-state index contributed by atoms with van der Waals surface area (Å²) < 4.78 is 6.91. The summed E-state index contributed by atoms with van der Waals surface area (Å²) in [6, 6.07) is 23.1. The molecule has 2 heterocycles. The van der Waals surface area contributed by atoms with E-state index in [2.05, 4.69) is 0 Å². The van der Waals surface area contributed by atoms with Gasteiger partial charge in [-0.3, -0.25) is 14.4 Å². The van der Waals surface area contributed by atoms with Gasteiger partial charge < -0.3 is 9.14 Å². The highest BCUT2D eigenvalue weighted by Gasteiger charge is 2.38. The molecule has 6 rings (SSSR count). The molecule has 2 aromatic heterocycles. The molecular formula is C28H17NO4. The standard InChI is InChI=1S/C28H17NO4/c1-33-18-12-10-17(11-13-18)26(30)22-23-25(28(32)21-9-5-4-8-20(21)27(23)31)29-15-14-16-6-2-3-7-19(16)24(22)29/h2-15H,1H3. The zero-order valence-electron chi connectivity index (χ0n) is 17.7. The molecule has 0 aliphatic heterocycles. The predicted molar refractivity (Wildman–Crippen MR) is 125 cm³/mol. The number of fused-ring (bicyclic) bond motifs is 6. The summed E-state index contributed by atoms with van der Waals surface area (Å²) in [5.74, 6) is -0.265. The van der Waals surface area contributed by atoms with E-state index in [0.717, 1.165) is 10.8 Å². The van der Waals surface area contributed by atoms with Crippen molar-refractivity contribution in [3.63, 3.8) is 0 Å². The Hall–Kier alpha value is -4.51. The molecule has 5 heteroatoms. The Labute approximate surface area is 188 Å². The number of hydrogen-bond donors (Lipinski definition) is 0. The summed E-state index contributed by atoms with van der Waals surface area (Å²) in [5, 5.41) is 1.72. The van der Waals surface area contributed by atoms with Gasteiger partial charge in [0, 0.05) is 28.3 Å². The Balaban J connectivity index is 1.74. The van der Waals surface area contributed by atoms with Gasteiger partial charge in [0.05, 0.1) is 23.8 Å². The van der Waals surface area contributed by atoms with Gasteiger partial charge in [0.15, 0.2) is 11.6 Å². The molecule has 0 saturated heterocycles. The van der Waals surface area contributed by atoms with E-state index in [1.165, 1.54) is 0 Å². The maximum Gasteiger partial charge on any atom is 0.211 e. The van der Waals surface area contributed by atoms with Gasteiger partial charge in [0.25, 0.3) is 0 Å². The summed E-state index contributed by atoms with van der Waals surface area (Å²) >= 11 is 0. The molecule has 0 unspecified atom stereocenters. The molecule has 0 atom stereocenters. The van der Waals surface area contributed by atoms with Gasteiger partial charge in [-0.05, 0) is 35.7 Å². The number of ether oxygens (including phenoxy) is 1. The zero-order chi connectivity index (χ0) is 22.7. The molecule has 5 nitrogen and oxygen atoms in total. The lowest BCUT2D eigenvalue weighted by molar-refractivity contribution is 0.0970. The number of benzene rings is 3. The number of carbonyl (C=O) groups is 3. The van der Waals surface area contributed by atoms with Gasteiger partial charge in [-0.2, -0.15) is 0 Å². The van der Waals surface area contributed by atoms with Crippen molar-refractivity contribution in [1.29, 1.82) is 0 Å². The van der Waals surface area contributed by atoms with Gasteiger partial charge in [0.2, 0.25) is 5.78 Å². The summed E-state index contributed by atoms with van der Waals surface area (Å²) in [5.41, 5.74) is 2.29. The van der Waals surface area contributed by atoms with Crippen LogP contribution in [0.25, 0.3) is 16.3 Å². The van der Waals surface area contributed by atoms with E-state index in [9.17, 15) is 14.4 Å². The van der Waals surface area contributed by atoms with Crippen molar-refractivity contribution in [2.45, 2.75) is 0 Å². The molecule has 0 spiro atoms. The van der Waals surface area contributed by atoms with Gasteiger partial charge in [-0.25, -0.2) is 0 Å². The maximum atomic E-state index is 13.9. The fraction of sp³-hybridized carbons (Fsp3) is 0.0357. The smallest absolute Gasteiger partial charge is 0.211 e. The third-order valence-electron chi connectivity index (χ3n) is 6.26. The Morgan fingerprint density at radius 1 is 0.788 bits per heavy atom. The van der Waals surface area contributed by atoms with Gasteiger partial charge in [-0.1, -0.05) is 48.5 Å². The average molecular weight is 431 g/mol. The second-order valence-corrected chi connectivity index (χ2v) is 7.98. The molecule has 0 bridgehead atoms. The molecule has 0 saturated carbocycles. The predicted octanol–water partition coefficient (Wildman–Crippen LogP) is 5.11. The Morgan fingerprint density at radius 3 is 2.18 bits per heavy atom. The van der Waals surface area contributed by atoms with Crippen molar-refractivity contribution >= 4 is 33.6 Å². The highest BCUT2D eigenvalue weighted by atomic mass is 16.5. The zero-order valence-corrected chi connectivity index (χ0v) is 17.7. The van der Waals surface area contributed by atoms with E-state index in [1.807, 2.05) is 30.3 Å².